The molecule has 76 valence electrons. The summed E-state index contributed by atoms with van der Waals surface area (Å²) in [4.78, 5) is 7.58. The van der Waals surface area contributed by atoms with E-state index in [1.54, 1.807) is 0 Å². The summed E-state index contributed by atoms with van der Waals surface area (Å²) in [5.41, 5.74) is 0. The van der Waals surface area contributed by atoms with Crippen molar-refractivity contribution in [2.24, 2.45) is 0 Å². The predicted molar refractivity (Wildman–Crippen MR) is 44.4 cm³/mol. The molecule has 1 rings (SSSR count). The molecule has 0 unspecified atom stereocenters. The number of rotatable bonds is 2. The zero-order valence-electron chi connectivity index (χ0n) is 6.97. The predicted octanol–water partition coefficient (Wildman–Crippen LogP) is 0.811. The lowest BCUT2D eigenvalue weighted by Crippen LogP contribution is -2.47. The van der Waals surface area contributed by atoms with Gasteiger partial charge in [-0.1, -0.05) is 6.42 Å². The van der Waals surface area contributed by atoms with Crippen molar-refractivity contribution >= 4 is 10.1 Å². The topological polar surface area (TPSA) is 97.5 Å². The van der Waals surface area contributed by atoms with Gasteiger partial charge < -0.3 is 0 Å². The molecular formula is C6H11NO5S. The molecule has 1 saturated carbocycles. The quantitative estimate of drug-likeness (QED) is 0.412. The first-order valence-electron chi connectivity index (χ1n) is 4.02. The fourth-order valence-electron chi connectivity index (χ4n) is 1.64. The average Bonchev–Trinajstić information content (AvgIpc) is 2.03. The third kappa shape index (κ3) is 1.66. The Hall–Kier alpha value is -0.690. The van der Waals surface area contributed by atoms with Crippen molar-refractivity contribution < 1.29 is 17.9 Å². The van der Waals surface area contributed by atoms with Crippen LogP contribution in [-0.4, -0.2) is 22.8 Å². The molecule has 6 nitrogen and oxygen atoms in total. The summed E-state index contributed by atoms with van der Waals surface area (Å²) in [6, 6.07) is 0. The molecule has 0 aromatic carbocycles. The highest BCUT2D eigenvalue weighted by Crippen LogP contribution is 2.34. The minimum absolute atomic E-state index is 0.0845. The minimum atomic E-state index is -4.59. The number of nitro groups is 1. The highest BCUT2D eigenvalue weighted by atomic mass is 32.2. The van der Waals surface area contributed by atoms with Gasteiger partial charge in [-0.15, -0.1) is 0 Å². The molecule has 0 atom stereocenters. The van der Waals surface area contributed by atoms with Gasteiger partial charge in [0.05, 0.1) is 0 Å². The van der Waals surface area contributed by atoms with Crippen molar-refractivity contribution in [3.8, 4) is 0 Å². The van der Waals surface area contributed by atoms with Crippen LogP contribution in [0.15, 0.2) is 0 Å². The Balaban J connectivity index is 3.07. The summed E-state index contributed by atoms with van der Waals surface area (Å²) in [5, 5.41) is 10.6. The Labute approximate surface area is 75.8 Å². The highest BCUT2D eigenvalue weighted by Gasteiger charge is 2.55. The van der Waals surface area contributed by atoms with Crippen LogP contribution in [0.5, 0.6) is 0 Å². The van der Waals surface area contributed by atoms with Crippen molar-refractivity contribution in [2.45, 2.75) is 37.0 Å². The van der Waals surface area contributed by atoms with Gasteiger partial charge >= 0.3 is 15.0 Å². The van der Waals surface area contributed by atoms with E-state index < -0.39 is 19.9 Å². The molecule has 0 saturated heterocycles. The minimum Gasteiger partial charge on any atom is -0.280 e. The van der Waals surface area contributed by atoms with Crippen LogP contribution < -0.4 is 0 Å². The Kier molecular flexibility index (Phi) is 2.58. The summed E-state index contributed by atoms with van der Waals surface area (Å²) in [7, 11) is -4.59. The van der Waals surface area contributed by atoms with E-state index in [4.69, 9.17) is 4.55 Å². The van der Waals surface area contributed by atoms with Gasteiger partial charge in [-0.2, -0.15) is 8.42 Å². The second-order valence-corrected chi connectivity index (χ2v) is 4.95. The van der Waals surface area contributed by atoms with Crippen LogP contribution in [0.3, 0.4) is 0 Å². The molecule has 0 aliphatic heterocycles. The SMILES string of the molecule is O=[N+]([O-])C1(S(=O)(=O)O)CCCCC1. The summed E-state index contributed by atoms with van der Waals surface area (Å²) in [6.07, 6.45) is 1.56. The van der Waals surface area contributed by atoms with Crippen molar-refractivity contribution in [1.29, 1.82) is 0 Å². The molecule has 0 bridgehead atoms. The van der Waals surface area contributed by atoms with E-state index in [-0.39, 0.29) is 12.8 Å². The smallest absolute Gasteiger partial charge is 0.280 e. The van der Waals surface area contributed by atoms with Gasteiger partial charge in [0, 0.05) is 17.8 Å². The van der Waals surface area contributed by atoms with Crippen LogP contribution in [0.25, 0.3) is 0 Å². The first kappa shape index (κ1) is 10.4. The van der Waals surface area contributed by atoms with Crippen LogP contribution in [0.4, 0.5) is 0 Å². The highest BCUT2D eigenvalue weighted by molar-refractivity contribution is 7.87. The first-order chi connectivity index (χ1) is 5.90. The van der Waals surface area contributed by atoms with Gasteiger partial charge in [-0.25, -0.2) is 0 Å². The number of hydrogen-bond donors (Lipinski definition) is 1. The van der Waals surface area contributed by atoms with Gasteiger partial charge in [-0.05, 0) is 12.8 Å². The van der Waals surface area contributed by atoms with Crippen molar-refractivity contribution in [3.63, 3.8) is 0 Å². The van der Waals surface area contributed by atoms with Crippen LogP contribution in [0.1, 0.15) is 32.1 Å². The van der Waals surface area contributed by atoms with E-state index in [0.29, 0.717) is 12.8 Å². The van der Waals surface area contributed by atoms with Crippen LogP contribution in [0, 0.1) is 10.1 Å². The molecule has 1 N–H and O–H groups in total. The Morgan fingerprint density at radius 2 is 1.69 bits per heavy atom. The Morgan fingerprint density at radius 1 is 1.23 bits per heavy atom. The van der Waals surface area contributed by atoms with E-state index >= 15 is 0 Å². The zero-order chi connectivity index (χ0) is 10.1. The van der Waals surface area contributed by atoms with Crippen LogP contribution in [-0.2, 0) is 10.1 Å². The summed E-state index contributed by atoms with van der Waals surface area (Å²) in [6.45, 7) is 0. The maximum atomic E-state index is 10.9. The lowest BCUT2D eigenvalue weighted by molar-refractivity contribution is -0.546. The third-order valence-electron chi connectivity index (χ3n) is 2.45. The molecule has 7 heteroatoms. The first-order valence-corrected chi connectivity index (χ1v) is 5.46. The van der Waals surface area contributed by atoms with Crippen molar-refractivity contribution in [1.82, 2.24) is 0 Å². The second kappa shape index (κ2) is 3.22. The average molecular weight is 209 g/mol. The van der Waals surface area contributed by atoms with E-state index in [9.17, 15) is 18.5 Å². The maximum absolute atomic E-state index is 10.9. The molecule has 0 amide bonds. The molecule has 0 spiro atoms. The molecule has 1 aliphatic carbocycles. The Morgan fingerprint density at radius 3 is 1.92 bits per heavy atom. The van der Waals surface area contributed by atoms with Gasteiger partial charge in [0.1, 0.15) is 0 Å². The molecule has 13 heavy (non-hydrogen) atoms. The van der Waals surface area contributed by atoms with Gasteiger partial charge in [0.2, 0.25) is 0 Å². The van der Waals surface area contributed by atoms with E-state index in [1.807, 2.05) is 0 Å². The number of hydrogen-bond acceptors (Lipinski definition) is 4. The van der Waals surface area contributed by atoms with Gasteiger partial charge in [-0.3, -0.25) is 14.7 Å². The van der Waals surface area contributed by atoms with Crippen LogP contribution in [0.2, 0.25) is 0 Å². The van der Waals surface area contributed by atoms with Crippen molar-refractivity contribution in [2.75, 3.05) is 0 Å². The largest absolute Gasteiger partial charge is 0.343 e. The van der Waals surface area contributed by atoms with E-state index in [1.165, 1.54) is 0 Å². The third-order valence-corrected chi connectivity index (χ3v) is 3.97. The lowest BCUT2D eigenvalue weighted by atomic mass is 9.95. The standard InChI is InChI=1S/C6H11NO5S/c8-7(9)6(13(10,11)12)4-2-1-3-5-6/h1-5H2,(H,10,11,12). The molecule has 0 aromatic heterocycles. The van der Waals surface area contributed by atoms with Crippen LogP contribution >= 0.6 is 0 Å². The molecule has 0 aromatic rings. The molecule has 0 heterocycles. The fraction of sp³-hybridized carbons (Fsp3) is 1.00. The van der Waals surface area contributed by atoms with Gasteiger partial charge in [0.25, 0.3) is 0 Å². The molecule has 1 aliphatic rings. The summed E-state index contributed by atoms with van der Waals surface area (Å²) < 4.78 is 30.5. The van der Waals surface area contributed by atoms with E-state index in [0.717, 1.165) is 6.42 Å². The van der Waals surface area contributed by atoms with Crippen molar-refractivity contribution in [3.05, 3.63) is 10.1 Å². The normalized spacial score (nSPS) is 22.5. The second-order valence-electron chi connectivity index (χ2n) is 3.24. The number of nitrogens with zero attached hydrogens (tertiary/aromatic N) is 1. The summed E-state index contributed by atoms with van der Waals surface area (Å²) in [5.74, 6) is 0. The monoisotopic (exact) mass is 209 g/mol. The fourth-order valence-corrected chi connectivity index (χ4v) is 2.63. The van der Waals surface area contributed by atoms with Gasteiger partial charge in [0.15, 0.2) is 0 Å². The molecule has 0 radical (unpaired) electrons. The maximum Gasteiger partial charge on any atom is 0.343 e. The summed E-state index contributed by atoms with van der Waals surface area (Å²) >= 11 is 0. The Bertz CT molecular complexity index is 303. The lowest BCUT2D eigenvalue weighted by Gasteiger charge is -2.25. The van der Waals surface area contributed by atoms with E-state index in [2.05, 4.69) is 0 Å². The molecule has 1 fully saturated rings. The molecular weight excluding hydrogens is 198 g/mol. The zero-order valence-corrected chi connectivity index (χ0v) is 7.79.